The first kappa shape index (κ1) is 29.6. The van der Waals surface area contributed by atoms with Crippen molar-refractivity contribution in [2.75, 3.05) is 25.5 Å². The van der Waals surface area contributed by atoms with Crippen molar-refractivity contribution in [1.82, 2.24) is 25.5 Å². The molecule has 0 unspecified atom stereocenters. The lowest BCUT2D eigenvalue weighted by atomic mass is 9.81. The molecule has 5 rings (SSSR count). The van der Waals surface area contributed by atoms with Crippen molar-refractivity contribution < 1.29 is 28.7 Å². The molecule has 2 aliphatic rings. The zero-order chi connectivity index (χ0) is 30.6. The van der Waals surface area contributed by atoms with E-state index in [-0.39, 0.29) is 24.7 Å². The van der Waals surface area contributed by atoms with Crippen LogP contribution in [-0.2, 0) is 37.6 Å². The van der Waals surface area contributed by atoms with Crippen LogP contribution in [0.3, 0.4) is 0 Å². The predicted molar refractivity (Wildman–Crippen MR) is 157 cm³/mol. The van der Waals surface area contributed by atoms with Crippen LogP contribution in [0, 0.1) is 6.92 Å². The summed E-state index contributed by atoms with van der Waals surface area (Å²) in [5.41, 5.74) is 3.32. The third-order valence-electron chi connectivity index (χ3n) is 7.96. The van der Waals surface area contributed by atoms with Crippen LogP contribution >= 0.6 is 0 Å². The van der Waals surface area contributed by atoms with E-state index in [1.807, 2.05) is 37.3 Å². The Hall–Kier alpha value is -4.87. The van der Waals surface area contributed by atoms with E-state index in [1.165, 1.54) is 13.3 Å². The number of aryl methyl sites for hydroxylation is 1. The number of likely N-dealkylation sites (tertiary alicyclic amines) is 1. The molecular weight excluding hydrogens is 552 g/mol. The Balaban J connectivity index is 1.35. The Morgan fingerprint density at radius 2 is 1.81 bits per heavy atom. The fraction of sp³-hybridized carbons (Fsp3) is 0.387. The molecule has 0 aliphatic carbocycles. The number of methoxy groups -OCH3 is 1. The number of nitrogens with zero attached hydrogens (tertiary/aromatic N) is 2. The van der Waals surface area contributed by atoms with Gasteiger partial charge in [0.15, 0.2) is 0 Å². The lowest BCUT2D eigenvalue weighted by Crippen LogP contribution is -2.57. The smallest absolute Gasteiger partial charge is 0.412 e. The lowest BCUT2D eigenvalue weighted by molar-refractivity contribution is -0.141. The van der Waals surface area contributed by atoms with Crippen molar-refractivity contribution in [2.24, 2.45) is 0 Å². The summed E-state index contributed by atoms with van der Waals surface area (Å²) < 4.78 is 11.1. The van der Waals surface area contributed by atoms with Crippen LogP contribution < -0.4 is 20.7 Å². The van der Waals surface area contributed by atoms with Crippen LogP contribution in [0.5, 0.6) is 5.75 Å². The average Bonchev–Trinajstić information content (AvgIpc) is 3.50. The average molecular weight is 589 g/mol. The Kier molecular flexibility index (Phi) is 8.65. The molecule has 0 saturated carbocycles. The van der Waals surface area contributed by atoms with Gasteiger partial charge < -0.3 is 30.0 Å². The van der Waals surface area contributed by atoms with Gasteiger partial charge in [0, 0.05) is 63.2 Å². The molecule has 0 radical (unpaired) electrons. The Bertz CT molecular complexity index is 1480. The van der Waals surface area contributed by atoms with Crippen LogP contribution in [0.4, 0.5) is 10.5 Å². The first-order valence-electron chi connectivity index (χ1n) is 14.2. The number of aromatic amines is 1. The third kappa shape index (κ3) is 6.79. The molecule has 3 aromatic rings. The van der Waals surface area contributed by atoms with E-state index >= 15 is 0 Å². The first-order valence-corrected chi connectivity index (χ1v) is 14.2. The van der Waals surface area contributed by atoms with Crippen LogP contribution in [0.15, 0.2) is 55.0 Å². The van der Waals surface area contributed by atoms with Crippen LogP contribution in [0.25, 0.3) is 0 Å². The molecule has 12 heteroatoms. The minimum atomic E-state index is -0.914. The molecule has 0 bridgehead atoms. The monoisotopic (exact) mass is 588 g/mol. The van der Waals surface area contributed by atoms with E-state index < -0.39 is 29.7 Å². The highest BCUT2D eigenvalue weighted by molar-refractivity contribution is 5.92. The van der Waals surface area contributed by atoms with E-state index in [4.69, 9.17) is 9.47 Å². The van der Waals surface area contributed by atoms with Crippen molar-refractivity contribution >= 4 is 29.5 Å². The van der Waals surface area contributed by atoms with Crippen molar-refractivity contribution in [1.29, 1.82) is 0 Å². The van der Waals surface area contributed by atoms with E-state index in [2.05, 4.69) is 25.9 Å². The van der Waals surface area contributed by atoms with Gasteiger partial charge in [0.25, 0.3) is 0 Å². The summed E-state index contributed by atoms with van der Waals surface area (Å²) in [5, 5.41) is 8.36. The number of hydrogen-bond donors (Lipinski definition) is 4. The molecule has 2 aromatic carbocycles. The number of benzene rings is 2. The van der Waals surface area contributed by atoms with Gasteiger partial charge in [-0.05, 0) is 36.8 Å². The third-order valence-corrected chi connectivity index (χ3v) is 7.96. The second kappa shape index (κ2) is 12.6. The van der Waals surface area contributed by atoms with Gasteiger partial charge in [-0.2, -0.15) is 0 Å². The number of amides is 4. The van der Waals surface area contributed by atoms with Gasteiger partial charge >= 0.3 is 6.09 Å². The molecule has 1 spiro atoms. The lowest BCUT2D eigenvalue weighted by Gasteiger charge is -2.45. The van der Waals surface area contributed by atoms with Crippen molar-refractivity contribution in [3.63, 3.8) is 0 Å². The number of rotatable bonds is 9. The summed E-state index contributed by atoms with van der Waals surface area (Å²) in [6.07, 6.45) is 3.81. The fourth-order valence-electron chi connectivity index (χ4n) is 5.73. The molecular formula is C31H36N6O6. The number of carbonyl (C=O) groups is 4. The summed E-state index contributed by atoms with van der Waals surface area (Å²) in [4.78, 5) is 60.5. The molecule has 2 atom stereocenters. The van der Waals surface area contributed by atoms with Gasteiger partial charge in [0.2, 0.25) is 17.7 Å². The van der Waals surface area contributed by atoms with Crippen LogP contribution in [0.1, 0.15) is 42.1 Å². The maximum atomic E-state index is 14.0. The SMILES string of the molecule is COc1ccc(C[C@H](NC(=O)[C@H](Cc2cnc[nH]2)NC(C)=O)C(=O)N2CCC3(CC2)OC(=O)Nc2ccc(C)cc23)cc1. The quantitative estimate of drug-likeness (QED) is 0.300. The fourth-order valence-corrected chi connectivity index (χ4v) is 5.73. The number of nitrogens with one attached hydrogen (secondary N) is 4. The van der Waals surface area contributed by atoms with E-state index in [0.717, 1.165) is 16.7 Å². The number of aromatic nitrogens is 2. The summed E-state index contributed by atoms with van der Waals surface area (Å²) in [5.74, 6) is -0.436. The Labute approximate surface area is 249 Å². The molecule has 2 aliphatic heterocycles. The van der Waals surface area contributed by atoms with Gasteiger partial charge in [-0.25, -0.2) is 9.78 Å². The second-order valence-electron chi connectivity index (χ2n) is 11.0. The van der Waals surface area contributed by atoms with Crippen molar-refractivity contribution in [3.05, 3.63) is 77.4 Å². The molecule has 226 valence electrons. The molecule has 3 heterocycles. The van der Waals surface area contributed by atoms with Gasteiger partial charge in [-0.3, -0.25) is 19.7 Å². The van der Waals surface area contributed by atoms with Crippen molar-refractivity contribution in [2.45, 2.75) is 57.2 Å². The number of fused-ring (bicyclic) bond motifs is 2. The Morgan fingerprint density at radius 3 is 2.47 bits per heavy atom. The minimum absolute atomic E-state index is 0.180. The molecule has 4 amide bonds. The topological polar surface area (TPSA) is 155 Å². The molecule has 1 fully saturated rings. The van der Waals surface area contributed by atoms with Gasteiger partial charge in [0.1, 0.15) is 23.4 Å². The number of hydrogen-bond acceptors (Lipinski definition) is 7. The van der Waals surface area contributed by atoms with Gasteiger partial charge in [0.05, 0.1) is 19.1 Å². The Morgan fingerprint density at radius 1 is 1.07 bits per heavy atom. The van der Waals surface area contributed by atoms with Gasteiger partial charge in [-0.15, -0.1) is 0 Å². The van der Waals surface area contributed by atoms with E-state index in [1.54, 1.807) is 30.3 Å². The standard InChI is InChI=1S/C31H36N6O6/c1-19-4-9-25-24(14-19)31(43-30(41)36-25)10-12-37(13-11-31)29(40)27(15-21-5-7-23(42-3)8-6-21)35-28(39)26(34-20(2)38)16-22-17-32-18-33-22/h4-9,14,17-18,26-27H,10-13,15-16H2,1-3H3,(H,32,33)(H,34,38)(H,35,39)(H,36,41)/t26-,27-/m0/s1. The summed E-state index contributed by atoms with van der Waals surface area (Å²) in [6, 6.07) is 11.3. The maximum Gasteiger partial charge on any atom is 0.412 e. The number of H-pyrrole nitrogens is 1. The summed E-state index contributed by atoms with van der Waals surface area (Å²) >= 11 is 0. The van der Waals surface area contributed by atoms with E-state index in [0.29, 0.717) is 43.1 Å². The highest BCUT2D eigenvalue weighted by Gasteiger charge is 2.46. The highest BCUT2D eigenvalue weighted by Crippen LogP contribution is 2.44. The molecule has 43 heavy (non-hydrogen) atoms. The van der Waals surface area contributed by atoms with E-state index in [9.17, 15) is 19.2 Å². The predicted octanol–water partition coefficient (Wildman–Crippen LogP) is 2.58. The second-order valence-corrected chi connectivity index (χ2v) is 11.0. The maximum absolute atomic E-state index is 14.0. The molecule has 12 nitrogen and oxygen atoms in total. The number of piperidine rings is 1. The van der Waals surface area contributed by atoms with Crippen molar-refractivity contribution in [3.8, 4) is 5.75 Å². The molecule has 1 saturated heterocycles. The number of ether oxygens (including phenoxy) is 2. The summed E-state index contributed by atoms with van der Waals surface area (Å²) in [7, 11) is 1.58. The number of imidazole rings is 1. The number of anilines is 1. The molecule has 1 aromatic heterocycles. The van der Waals surface area contributed by atoms with Crippen LogP contribution in [0.2, 0.25) is 0 Å². The molecule has 4 N–H and O–H groups in total. The first-order chi connectivity index (χ1) is 20.7. The van der Waals surface area contributed by atoms with Gasteiger partial charge in [-0.1, -0.05) is 23.8 Å². The largest absolute Gasteiger partial charge is 0.497 e. The zero-order valence-electron chi connectivity index (χ0n) is 24.4. The highest BCUT2D eigenvalue weighted by atomic mass is 16.6. The summed E-state index contributed by atoms with van der Waals surface area (Å²) in [6.45, 7) is 3.98. The zero-order valence-corrected chi connectivity index (χ0v) is 24.4. The minimum Gasteiger partial charge on any atom is -0.497 e. The number of carbonyl (C=O) groups excluding carboxylic acids is 4. The normalized spacial score (nSPS) is 16.7. The van der Waals surface area contributed by atoms with Crippen LogP contribution in [-0.4, -0.2) is 71.0 Å².